The van der Waals surface area contributed by atoms with Gasteiger partial charge in [-0.1, -0.05) is 24.3 Å². The molecule has 0 spiro atoms. The van der Waals surface area contributed by atoms with Gasteiger partial charge >= 0.3 is 0 Å². The zero-order valence-corrected chi connectivity index (χ0v) is 13.3. The van der Waals surface area contributed by atoms with Gasteiger partial charge in [0.2, 0.25) is 0 Å². The fourth-order valence-electron chi connectivity index (χ4n) is 3.09. The van der Waals surface area contributed by atoms with Crippen LogP contribution in [0.4, 0.5) is 0 Å². The van der Waals surface area contributed by atoms with Crippen molar-refractivity contribution in [1.82, 2.24) is 4.90 Å². The van der Waals surface area contributed by atoms with Crippen molar-refractivity contribution < 1.29 is 9.47 Å². The molecule has 1 atom stereocenters. The Morgan fingerprint density at radius 1 is 1.24 bits per heavy atom. The van der Waals surface area contributed by atoms with Gasteiger partial charge in [0.25, 0.3) is 0 Å². The van der Waals surface area contributed by atoms with Gasteiger partial charge in [0.1, 0.15) is 0 Å². The molecule has 1 fully saturated rings. The molecule has 21 heavy (non-hydrogen) atoms. The summed E-state index contributed by atoms with van der Waals surface area (Å²) in [6, 6.07) is 8.94. The third-order valence-electron chi connectivity index (χ3n) is 4.22. The van der Waals surface area contributed by atoms with Gasteiger partial charge in [-0.2, -0.15) is 0 Å². The summed E-state index contributed by atoms with van der Waals surface area (Å²) in [5.74, 6) is 0. The lowest BCUT2D eigenvalue weighted by molar-refractivity contribution is 0.00451. The zero-order valence-electron chi connectivity index (χ0n) is 13.3. The smallest absolute Gasteiger partial charge is 0.0713 e. The second-order valence-corrected chi connectivity index (χ2v) is 5.62. The van der Waals surface area contributed by atoms with E-state index < -0.39 is 0 Å². The zero-order chi connectivity index (χ0) is 15.1. The highest BCUT2D eigenvalue weighted by molar-refractivity contribution is 5.25. The lowest BCUT2D eigenvalue weighted by atomic mass is 9.99. The maximum Gasteiger partial charge on any atom is 0.0713 e. The van der Waals surface area contributed by atoms with Crippen molar-refractivity contribution in [2.24, 2.45) is 5.73 Å². The van der Waals surface area contributed by atoms with E-state index in [1.807, 2.05) is 0 Å². The minimum absolute atomic E-state index is 0.309. The van der Waals surface area contributed by atoms with Crippen molar-refractivity contribution in [2.75, 3.05) is 33.4 Å². The van der Waals surface area contributed by atoms with Crippen LogP contribution in [-0.2, 0) is 16.1 Å². The Morgan fingerprint density at radius 3 is 2.43 bits per heavy atom. The summed E-state index contributed by atoms with van der Waals surface area (Å²) < 4.78 is 10.9. The number of piperidine rings is 1. The highest BCUT2D eigenvalue weighted by Crippen LogP contribution is 2.25. The largest absolute Gasteiger partial charge is 0.380 e. The van der Waals surface area contributed by atoms with Gasteiger partial charge < -0.3 is 15.2 Å². The Labute approximate surface area is 128 Å². The molecule has 0 aliphatic carbocycles. The Hall–Kier alpha value is -0.940. The number of hydrogen-bond donors (Lipinski definition) is 1. The standard InChI is InChI=1S/C17H28N2O2/c1-3-21-16-8-10-19(11-9-16)17(12-18)15-6-4-14(5-7-15)13-20-2/h4-7,16-17H,3,8-13,18H2,1-2H3. The molecule has 1 aromatic rings. The van der Waals surface area contributed by atoms with Crippen molar-refractivity contribution >= 4 is 0 Å². The van der Waals surface area contributed by atoms with Crippen molar-refractivity contribution in [1.29, 1.82) is 0 Å². The van der Waals surface area contributed by atoms with Crippen LogP contribution in [-0.4, -0.2) is 44.4 Å². The van der Waals surface area contributed by atoms with Gasteiger partial charge in [-0.15, -0.1) is 0 Å². The van der Waals surface area contributed by atoms with E-state index in [4.69, 9.17) is 15.2 Å². The molecule has 0 bridgehead atoms. The summed E-state index contributed by atoms with van der Waals surface area (Å²) in [5.41, 5.74) is 8.53. The molecule has 1 aliphatic rings. The van der Waals surface area contributed by atoms with Gasteiger partial charge in [0.05, 0.1) is 12.7 Å². The van der Waals surface area contributed by atoms with Crippen molar-refractivity contribution in [3.8, 4) is 0 Å². The minimum atomic E-state index is 0.309. The molecule has 0 amide bonds. The fourth-order valence-corrected chi connectivity index (χ4v) is 3.09. The highest BCUT2D eigenvalue weighted by atomic mass is 16.5. The van der Waals surface area contributed by atoms with Crippen LogP contribution in [0.5, 0.6) is 0 Å². The third-order valence-corrected chi connectivity index (χ3v) is 4.22. The first-order chi connectivity index (χ1) is 10.3. The molecule has 118 valence electrons. The topological polar surface area (TPSA) is 47.7 Å². The molecule has 1 aliphatic heterocycles. The summed E-state index contributed by atoms with van der Waals surface area (Å²) in [7, 11) is 1.72. The van der Waals surface area contributed by atoms with E-state index in [1.54, 1.807) is 7.11 Å². The first kappa shape index (κ1) is 16.4. The van der Waals surface area contributed by atoms with Gasteiger partial charge in [-0.3, -0.25) is 4.90 Å². The second-order valence-electron chi connectivity index (χ2n) is 5.62. The molecule has 4 heteroatoms. The minimum Gasteiger partial charge on any atom is -0.380 e. The molecule has 0 saturated carbocycles. The predicted molar refractivity (Wildman–Crippen MR) is 85.2 cm³/mol. The van der Waals surface area contributed by atoms with Crippen LogP contribution in [0.2, 0.25) is 0 Å². The molecule has 0 aromatic heterocycles. The van der Waals surface area contributed by atoms with Crippen molar-refractivity contribution in [3.63, 3.8) is 0 Å². The maximum atomic E-state index is 6.03. The summed E-state index contributed by atoms with van der Waals surface area (Å²) in [6.45, 7) is 6.32. The normalized spacial score (nSPS) is 18.8. The third kappa shape index (κ3) is 4.51. The Bertz CT molecular complexity index is 400. The molecule has 1 unspecified atom stereocenters. The van der Waals surface area contributed by atoms with Crippen molar-refractivity contribution in [2.45, 2.75) is 38.5 Å². The van der Waals surface area contributed by atoms with Crippen LogP contribution >= 0.6 is 0 Å². The maximum absolute atomic E-state index is 6.03. The Balaban J connectivity index is 1.96. The molecular formula is C17H28N2O2. The van der Waals surface area contributed by atoms with Crippen LogP contribution in [0, 0.1) is 0 Å². The quantitative estimate of drug-likeness (QED) is 0.838. The van der Waals surface area contributed by atoms with Crippen LogP contribution in [0.3, 0.4) is 0 Å². The number of nitrogens with zero attached hydrogens (tertiary/aromatic N) is 1. The summed E-state index contributed by atoms with van der Waals surface area (Å²) in [4.78, 5) is 2.49. The van der Waals surface area contributed by atoms with Crippen LogP contribution in [0.25, 0.3) is 0 Å². The average Bonchev–Trinajstić information content (AvgIpc) is 2.52. The SMILES string of the molecule is CCOC1CCN(C(CN)c2ccc(COC)cc2)CC1. The summed E-state index contributed by atoms with van der Waals surface area (Å²) >= 11 is 0. The lowest BCUT2D eigenvalue weighted by Crippen LogP contribution is -2.41. The fraction of sp³-hybridized carbons (Fsp3) is 0.647. The number of likely N-dealkylation sites (tertiary alicyclic amines) is 1. The predicted octanol–water partition coefficient (Wildman–Crippen LogP) is 2.33. The van der Waals surface area contributed by atoms with Crippen molar-refractivity contribution in [3.05, 3.63) is 35.4 Å². The molecule has 2 N–H and O–H groups in total. The molecule has 1 saturated heterocycles. The number of ether oxygens (including phenoxy) is 2. The van der Waals surface area contributed by atoms with E-state index in [0.29, 0.717) is 25.3 Å². The summed E-state index contributed by atoms with van der Waals surface area (Å²) in [6.07, 6.45) is 2.63. The highest BCUT2D eigenvalue weighted by Gasteiger charge is 2.25. The molecule has 4 nitrogen and oxygen atoms in total. The van der Waals surface area contributed by atoms with E-state index in [-0.39, 0.29) is 0 Å². The van der Waals surface area contributed by atoms with Gasteiger partial charge in [-0.05, 0) is 30.9 Å². The number of hydrogen-bond acceptors (Lipinski definition) is 4. The molecule has 0 radical (unpaired) electrons. The second kappa shape index (κ2) is 8.49. The summed E-state index contributed by atoms with van der Waals surface area (Å²) in [5, 5.41) is 0. The number of nitrogens with two attached hydrogens (primary N) is 1. The van der Waals surface area contributed by atoms with Gasteiger partial charge in [0.15, 0.2) is 0 Å². The molecule has 1 aromatic carbocycles. The van der Waals surface area contributed by atoms with E-state index >= 15 is 0 Å². The van der Waals surface area contributed by atoms with Gasteiger partial charge in [-0.25, -0.2) is 0 Å². The Morgan fingerprint density at radius 2 is 1.90 bits per heavy atom. The van der Waals surface area contributed by atoms with Crippen LogP contribution in [0.1, 0.15) is 36.9 Å². The van der Waals surface area contributed by atoms with Crippen LogP contribution in [0.15, 0.2) is 24.3 Å². The molecule has 2 rings (SSSR count). The molecule has 1 heterocycles. The van der Waals surface area contributed by atoms with Gasteiger partial charge in [0, 0.05) is 39.4 Å². The van der Waals surface area contributed by atoms with E-state index in [1.165, 1.54) is 11.1 Å². The van der Waals surface area contributed by atoms with Crippen LogP contribution < -0.4 is 5.73 Å². The first-order valence-electron chi connectivity index (χ1n) is 7.92. The van der Waals surface area contributed by atoms with E-state index in [2.05, 4.69) is 36.1 Å². The lowest BCUT2D eigenvalue weighted by Gasteiger charge is -2.37. The first-order valence-corrected chi connectivity index (χ1v) is 7.92. The Kier molecular flexibility index (Phi) is 6.64. The number of benzene rings is 1. The van der Waals surface area contributed by atoms with E-state index in [0.717, 1.165) is 32.5 Å². The van der Waals surface area contributed by atoms with E-state index in [9.17, 15) is 0 Å². The molecular weight excluding hydrogens is 264 g/mol. The average molecular weight is 292 g/mol. The number of methoxy groups -OCH3 is 1. The monoisotopic (exact) mass is 292 g/mol. The number of rotatable bonds is 7.